The van der Waals surface area contributed by atoms with Gasteiger partial charge in [0.05, 0.1) is 6.04 Å². The second kappa shape index (κ2) is 7.50. The van der Waals surface area contributed by atoms with Crippen molar-refractivity contribution in [2.75, 3.05) is 0 Å². The number of carbonyl (C=O) groups is 1. The number of benzene rings is 2. The molecule has 1 atom stereocenters. The average molecular weight is 392 g/mol. The van der Waals surface area contributed by atoms with E-state index in [1.54, 1.807) is 18.2 Å². The summed E-state index contributed by atoms with van der Waals surface area (Å²) in [7, 11) is 0. The first-order valence-electron chi connectivity index (χ1n) is 8.77. The van der Waals surface area contributed by atoms with Gasteiger partial charge in [-0.3, -0.25) is 4.79 Å². The minimum Gasteiger partial charge on any atom is -0.487 e. The Bertz CT molecular complexity index is 813. The first kappa shape index (κ1) is 19.1. The molecule has 0 aromatic heterocycles. The van der Waals surface area contributed by atoms with E-state index in [0.717, 1.165) is 28.9 Å². The van der Waals surface area contributed by atoms with Crippen LogP contribution in [0.15, 0.2) is 36.4 Å². The Morgan fingerprint density at radius 3 is 2.62 bits per heavy atom. The fourth-order valence-electron chi connectivity index (χ4n) is 3.38. The first-order valence-corrected chi connectivity index (χ1v) is 9.52. The van der Waals surface area contributed by atoms with Crippen LogP contribution in [0.3, 0.4) is 0 Å². The van der Waals surface area contributed by atoms with Crippen LogP contribution in [-0.4, -0.2) is 11.5 Å². The van der Waals surface area contributed by atoms with Crippen molar-refractivity contribution in [3.63, 3.8) is 0 Å². The van der Waals surface area contributed by atoms with Crippen LogP contribution in [-0.2, 0) is 11.2 Å². The predicted octanol–water partition coefficient (Wildman–Crippen LogP) is 5.65. The van der Waals surface area contributed by atoms with E-state index in [2.05, 4.69) is 11.4 Å². The normalized spacial score (nSPS) is 18.0. The lowest BCUT2D eigenvalue weighted by molar-refractivity contribution is -0.122. The molecule has 1 amide bonds. The maximum absolute atomic E-state index is 12.6. The number of hydrogen-bond donors (Lipinski definition) is 1. The molecule has 0 saturated carbocycles. The molecule has 2 aromatic carbocycles. The summed E-state index contributed by atoms with van der Waals surface area (Å²) in [6.07, 6.45) is 1.57. The van der Waals surface area contributed by atoms with Gasteiger partial charge in [0.2, 0.25) is 5.91 Å². The fourth-order valence-corrected chi connectivity index (χ4v) is 3.97. The molecule has 0 bridgehead atoms. The summed E-state index contributed by atoms with van der Waals surface area (Å²) in [4.78, 5) is 12.6. The maximum atomic E-state index is 12.6. The molecule has 3 rings (SSSR count). The molecule has 1 N–H and O–H groups in total. The summed E-state index contributed by atoms with van der Waals surface area (Å²) in [5.41, 5.74) is 2.67. The van der Waals surface area contributed by atoms with Crippen LogP contribution in [0, 0.1) is 6.92 Å². The van der Waals surface area contributed by atoms with E-state index in [1.165, 1.54) is 0 Å². The Kier molecular flexibility index (Phi) is 5.50. The molecular weight excluding hydrogens is 369 g/mol. The number of hydrogen-bond acceptors (Lipinski definition) is 2. The third-order valence-corrected chi connectivity index (χ3v) is 5.33. The number of ether oxygens (including phenoxy) is 1. The highest BCUT2D eigenvalue weighted by Gasteiger charge is 2.34. The molecule has 26 heavy (non-hydrogen) atoms. The Balaban J connectivity index is 1.72. The van der Waals surface area contributed by atoms with Crippen molar-refractivity contribution in [3.05, 3.63) is 63.1 Å². The van der Waals surface area contributed by atoms with Gasteiger partial charge in [-0.25, -0.2) is 0 Å². The molecule has 0 aliphatic carbocycles. The van der Waals surface area contributed by atoms with Crippen molar-refractivity contribution in [2.45, 2.75) is 51.7 Å². The van der Waals surface area contributed by atoms with Gasteiger partial charge in [-0.15, -0.1) is 0 Å². The Hall–Kier alpha value is -1.71. The largest absolute Gasteiger partial charge is 0.487 e. The third-order valence-electron chi connectivity index (χ3n) is 4.62. The molecule has 1 aliphatic rings. The molecule has 0 spiro atoms. The Labute approximate surface area is 164 Å². The van der Waals surface area contributed by atoms with Crippen LogP contribution >= 0.6 is 23.2 Å². The second-order valence-corrected chi connectivity index (χ2v) is 8.24. The van der Waals surface area contributed by atoms with Gasteiger partial charge in [-0.1, -0.05) is 47.0 Å². The van der Waals surface area contributed by atoms with Gasteiger partial charge in [0.15, 0.2) is 0 Å². The summed E-state index contributed by atoms with van der Waals surface area (Å²) >= 11 is 12.4. The number of amides is 1. The molecule has 138 valence electrons. The predicted molar refractivity (Wildman–Crippen MR) is 106 cm³/mol. The quantitative estimate of drug-likeness (QED) is 0.730. The van der Waals surface area contributed by atoms with Gasteiger partial charge in [0.25, 0.3) is 0 Å². The SMILES string of the molecule is Cc1ccc2c(c1)[C@@H](NC(=O)CCc1c(Cl)cccc1Cl)CC(C)(C)O2. The van der Waals surface area contributed by atoms with Crippen molar-refractivity contribution in [1.29, 1.82) is 0 Å². The lowest BCUT2D eigenvalue weighted by Gasteiger charge is -2.38. The van der Waals surface area contributed by atoms with Crippen molar-refractivity contribution >= 4 is 29.1 Å². The minimum atomic E-state index is -0.327. The maximum Gasteiger partial charge on any atom is 0.220 e. The molecule has 2 aromatic rings. The van der Waals surface area contributed by atoms with Gasteiger partial charge in [-0.2, -0.15) is 0 Å². The van der Waals surface area contributed by atoms with Crippen molar-refractivity contribution in [1.82, 2.24) is 5.32 Å². The highest BCUT2D eigenvalue weighted by molar-refractivity contribution is 6.36. The number of carbonyl (C=O) groups excluding carboxylic acids is 1. The topological polar surface area (TPSA) is 38.3 Å². The number of aryl methyl sites for hydroxylation is 1. The lowest BCUT2D eigenvalue weighted by Crippen LogP contribution is -2.41. The van der Waals surface area contributed by atoms with E-state index in [9.17, 15) is 4.79 Å². The number of nitrogens with one attached hydrogen (secondary N) is 1. The van der Waals surface area contributed by atoms with Gasteiger partial charge in [-0.05, 0) is 51.0 Å². The molecule has 0 radical (unpaired) electrons. The van der Waals surface area contributed by atoms with Crippen LogP contribution in [0.2, 0.25) is 10.0 Å². The zero-order valence-electron chi connectivity index (χ0n) is 15.2. The highest BCUT2D eigenvalue weighted by atomic mass is 35.5. The summed E-state index contributed by atoms with van der Waals surface area (Å²) in [6, 6.07) is 11.4. The lowest BCUT2D eigenvalue weighted by atomic mass is 9.89. The smallest absolute Gasteiger partial charge is 0.220 e. The fraction of sp³-hybridized carbons (Fsp3) is 0.381. The van der Waals surface area contributed by atoms with Gasteiger partial charge >= 0.3 is 0 Å². The molecular formula is C21H23Cl2NO2. The number of halogens is 2. The molecule has 0 saturated heterocycles. The van der Waals surface area contributed by atoms with Crippen LogP contribution in [0.4, 0.5) is 0 Å². The van der Waals surface area contributed by atoms with Crippen molar-refractivity contribution < 1.29 is 9.53 Å². The van der Waals surface area contributed by atoms with Gasteiger partial charge in [0.1, 0.15) is 11.4 Å². The standard InChI is InChI=1S/C21H23Cl2NO2/c1-13-7-9-19-15(11-13)18(12-21(2,3)26-19)24-20(25)10-8-14-16(22)5-4-6-17(14)23/h4-7,9,11,18H,8,10,12H2,1-3H3,(H,24,25)/t18-/m0/s1. The van der Waals surface area contributed by atoms with E-state index in [-0.39, 0.29) is 17.6 Å². The molecule has 3 nitrogen and oxygen atoms in total. The molecule has 0 fully saturated rings. The zero-order valence-corrected chi connectivity index (χ0v) is 16.7. The van der Waals surface area contributed by atoms with E-state index in [4.69, 9.17) is 27.9 Å². The van der Waals surface area contributed by atoms with Crippen LogP contribution in [0.25, 0.3) is 0 Å². The van der Waals surface area contributed by atoms with E-state index < -0.39 is 0 Å². The summed E-state index contributed by atoms with van der Waals surface area (Å²) in [6.45, 7) is 6.12. The average Bonchev–Trinajstić information content (AvgIpc) is 2.54. The monoisotopic (exact) mass is 391 g/mol. The number of rotatable bonds is 4. The van der Waals surface area contributed by atoms with Crippen molar-refractivity contribution in [3.8, 4) is 5.75 Å². The highest BCUT2D eigenvalue weighted by Crippen LogP contribution is 2.40. The van der Waals surface area contributed by atoms with Gasteiger partial charge in [0, 0.05) is 28.5 Å². The molecule has 5 heteroatoms. The molecule has 0 unspecified atom stereocenters. The van der Waals surface area contributed by atoms with E-state index >= 15 is 0 Å². The Morgan fingerprint density at radius 1 is 1.23 bits per heavy atom. The summed E-state index contributed by atoms with van der Waals surface area (Å²) in [5, 5.41) is 4.35. The summed E-state index contributed by atoms with van der Waals surface area (Å²) < 4.78 is 6.06. The van der Waals surface area contributed by atoms with Crippen LogP contribution in [0.1, 0.15) is 49.4 Å². The zero-order chi connectivity index (χ0) is 18.9. The number of fused-ring (bicyclic) bond motifs is 1. The molecule has 1 heterocycles. The third kappa shape index (κ3) is 4.33. The molecule has 1 aliphatic heterocycles. The first-order chi connectivity index (χ1) is 12.2. The summed E-state index contributed by atoms with van der Waals surface area (Å²) in [5.74, 6) is 0.822. The van der Waals surface area contributed by atoms with Gasteiger partial charge < -0.3 is 10.1 Å². The minimum absolute atomic E-state index is 0.0175. The Morgan fingerprint density at radius 2 is 1.92 bits per heavy atom. The second-order valence-electron chi connectivity index (χ2n) is 7.43. The van der Waals surface area contributed by atoms with Crippen LogP contribution in [0.5, 0.6) is 5.75 Å². The van der Waals surface area contributed by atoms with Crippen LogP contribution < -0.4 is 10.1 Å². The van der Waals surface area contributed by atoms with E-state index in [0.29, 0.717) is 22.9 Å². The van der Waals surface area contributed by atoms with Crippen molar-refractivity contribution in [2.24, 2.45) is 0 Å². The van der Waals surface area contributed by atoms with E-state index in [1.807, 2.05) is 32.9 Å².